The molecule has 0 spiro atoms. The van der Waals surface area contributed by atoms with Crippen molar-refractivity contribution < 1.29 is 4.79 Å². The molecule has 156 valence electrons. The summed E-state index contributed by atoms with van der Waals surface area (Å²) in [5, 5.41) is 8.53. The number of halogens is 2. The highest BCUT2D eigenvalue weighted by molar-refractivity contribution is 6.31. The second-order valence-corrected chi connectivity index (χ2v) is 8.21. The molecule has 0 aliphatic carbocycles. The van der Waals surface area contributed by atoms with Gasteiger partial charge in [-0.1, -0.05) is 35.3 Å². The second kappa shape index (κ2) is 8.53. The Labute approximate surface area is 190 Å². The average Bonchev–Trinajstić information content (AvgIpc) is 3.19. The number of rotatable bonds is 4. The largest absolute Gasteiger partial charge is 0.319 e. The van der Waals surface area contributed by atoms with E-state index in [4.69, 9.17) is 23.2 Å². The van der Waals surface area contributed by atoms with Crippen LogP contribution in [0, 0.1) is 20.8 Å². The highest BCUT2D eigenvalue weighted by atomic mass is 35.5. The average molecular weight is 451 g/mol. The molecular weight excluding hydrogens is 431 g/mol. The number of benzene rings is 3. The minimum Gasteiger partial charge on any atom is -0.319 e. The van der Waals surface area contributed by atoms with Gasteiger partial charge in [-0.15, -0.1) is 5.10 Å². The molecule has 0 unspecified atom stereocenters. The Kier molecular flexibility index (Phi) is 5.81. The van der Waals surface area contributed by atoms with Crippen LogP contribution in [0.15, 0.2) is 60.7 Å². The summed E-state index contributed by atoms with van der Waals surface area (Å²) in [6.07, 6.45) is 0. The van der Waals surface area contributed by atoms with Crippen molar-refractivity contribution in [2.75, 3.05) is 5.32 Å². The first-order valence-corrected chi connectivity index (χ1v) is 10.5. The van der Waals surface area contributed by atoms with Crippen molar-refractivity contribution in [1.29, 1.82) is 0 Å². The summed E-state index contributed by atoms with van der Waals surface area (Å²) < 4.78 is 1.67. The Balaban J connectivity index is 1.76. The number of nitrogens with zero attached hydrogens (tertiary/aromatic N) is 3. The molecule has 4 aromatic rings. The fourth-order valence-electron chi connectivity index (χ4n) is 3.09. The molecule has 1 N–H and O–H groups in total. The first-order valence-electron chi connectivity index (χ1n) is 9.70. The number of hydrogen-bond acceptors (Lipinski definition) is 3. The van der Waals surface area contributed by atoms with E-state index in [1.807, 2.05) is 57.2 Å². The van der Waals surface area contributed by atoms with Crippen LogP contribution in [0.5, 0.6) is 0 Å². The van der Waals surface area contributed by atoms with Gasteiger partial charge in [0.1, 0.15) is 0 Å². The molecule has 0 aliphatic rings. The molecule has 1 heterocycles. The molecule has 5 nitrogen and oxygen atoms in total. The van der Waals surface area contributed by atoms with Crippen LogP contribution >= 0.6 is 23.2 Å². The van der Waals surface area contributed by atoms with Crippen LogP contribution in [0.25, 0.3) is 17.1 Å². The van der Waals surface area contributed by atoms with Gasteiger partial charge in [-0.3, -0.25) is 4.79 Å². The van der Waals surface area contributed by atoms with Gasteiger partial charge in [-0.25, -0.2) is 9.67 Å². The normalized spacial score (nSPS) is 10.9. The summed E-state index contributed by atoms with van der Waals surface area (Å²) in [6.45, 7) is 5.98. The van der Waals surface area contributed by atoms with Gasteiger partial charge in [0.25, 0.3) is 5.91 Å². The van der Waals surface area contributed by atoms with Crippen LogP contribution in [0.2, 0.25) is 10.0 Å². The predicted molar refractivity (Wildman–Crippen MR) is 125 cm³/mol. The van der Waals surface area contributed by atoms with Crippen molar-refractivity contribution in [2.45, 2.75) is 20.8 Å². The molecule has 0 radical (unpaired) electrons. The van der Waals surface area contributed by atoms with Crippen molar-refractivity contribution in [2.24, 2.45) is 0 Å². The molecule has 7 heteroatoms. The van der Waals surface area contributed by atoms with E-state index < -0.39 is 5.91 Å². The van der Waals surface area contributed by atoms with E-state index in [0.29, 0.717) is 21.6 Å². The van der Waals surface area contributed by atoms with E-state index in [1.165, 1.54) is 5.56 Å². The number of amides is 1. The molecule has 1 aromatic heterocycles. The number of aryl methyl sites for hydroxylation is 3. The summed E-state index contributed by atoms with van der Waals surface area (Å²) in [7, 11) is 0. The highest BCUT2D eigenvalue weighted by Gasteiger charge is 2.19. The quantitative estimate of drug-likeness (QED) is 0.390. The van der Waals surface area contributed by atoms with Gasteiger partial charge in [0, 0.05) is 21.3 Å². The number of carbonyl (C=O) groups excluding carboxylic acids is 1. The second-order valence-electron chi connectivity index (χ2n) is 7.36. The predicted octanol–water partition coefficient (Wildman–Crippen LogP) is 6.42. The van der Waals surface area contributed by atoms with Crippen molar-refractivity contribution >= 4 is 34.8 Å². The summed E-state index contributed by atoms with van der Waals surface area (Å²) in [6, 6.07) is 18.6. The lowest BCUT2D eigenvalue weighted by Gasteiger charge is -2.08. The van der Waals surface area contributed by atoms with Crippen LogP contribution < -0.4 is 5.32 Å². The molecular formula is C24H20Cl2N4O. The van der Waals surface area contributed by atoms with Crippen LogP contribution in [-0.4, -0.2) is 20.7 Å². The van der Waals surface area contributed by atoms with E-state index >= 15 is 0 Å². The van der Waals surface area contributed by atoms with Gasteiger partial charge in [-0.05, 0) is 86.0 Å². The van der Waals surface area contributed by atoms with Gasteiger partial charge in [-0.2, -0.15) is 0 Å². The molecule has 0 saturated carbocycles. The summed E-state index contributed by atoms with van der Waals surface area (Å²) in [5.41, 5.74) is 5.42. The maximum atomic E-state index is 12.9. The Morgan fingerprint density at radius 2 is 1.58 bits per heavy atom. The number of aromatic nitrogens is 3. The minimum absolute atomic E-state index is 0.0554. The van der Waals surface area contributed by atoms with E-state index in [9.17, 15) is 4.79 Å². The van der Waals surface area contributed by atoms with Gasteiger partial charge in [0.05, 0.1) is 5.69 Å². The summed E-state index contributed by atoms with van der Waals surface area (Å²) in [5.74, 6) is 0.185. The fourth-order valence-corrected chi connectivity index (χ4v) is 3.40. The van der Waals surface area contributed by atoms with Crippen LogP contribution in [0.1, 0.15) is 27.3 Å². The summed E-state index contributed by atoms with van der Waals surface area (Å²) >= 11 is 12.2. The number of nitrogens with one attached hydrogen (secondary N) is 1. The Morgan fingerprint density at radius 1 is 0.871 bits per heavy atom. The van der Waals surface area contributed by atoms with Gasteiger partial charge < -0.3 is 5.32 Å². The number of hydrogen-bond donors (Lipinski definition) is 1. The lowest BCUT2D eigenvalue weighted by Crippen LogP contribution is -2.14. The smallest absolute Gasteiger partial charge is 0.295 e. The SMILES string of the molecule is Cc1ccc(-n2nc(C(=O)Nc3ccc(C)c(Cl)c3)nc2-c2ccc(Cl)cc2)cc1C. The van der Waals surface area contributed by atoms with Gasteiger partial charge in [0.15, 0.2) is 5.82 Å². The van der Waals surface area contributed by atoms with Crippen LogP contribution in [0.4, 0.5) is 5.69 Å². The van der Waals surface area contributed by atoms with Crippen molar-refractivity contribution in [1.82, 2.24) is 14.8 Å². The first-order chi connectivity index (χ1) is 14.8. The van der Waals surface area contributed by atoms with Gasteiger partial charge >= 0.3 is 0 Å². The molecule has 0 aliphatic heterocycles. The lowest BCUT2D eigenvalue weighted by molar-refractivity contribution is 0.101. The zero-order valence-electron chi connectivity index (χ0n) is 17.3. The minimum atomic E-state index is -0.419. The van der Waals surface area contributed by atoms with Crippen molar-refractivity contribution in [3.63, 3.8) is 0 Å². The molecule has 31 heavy (non-hydrogen) atoms. The van der Waals surface area contributed by atoms with E-state index in [2.05, 4.69) is 15.4 Å². The topological polar surface area (TPSA) is 59.8 Å². The fraction of sp³-hybridized carbons (Fsp3) is 0.125. The number of anilines is 1. The first kappa shape index (κ1) is 21.1. The van der Waals surface area contributed by atoms with E-state index in [1.54, 1.807) is 28.9 Å². The van der Waals surface area contributed by atoms with Crippen LogP contribution in [0.3, 0.4) is 0 Å². The molecule has 0 fully saturated rings. The molecule has 3 aromatic carbocycles. The van der Waals surface area contributed by atoms with Crippen molar-refractivity contribution in [3.05, 3.63) is 93.2 Å². The molecule has 4 rings (SSSR count). The van der Waals surface area contributed by atoms with Crippen molar-refractivity contribution in [3.8, 4) is 17.1 Å². The molecule has 1 amide bonds. The van der Waals surface area contributed by atoms with E-state index in [0.717, 1.165) is 22.4 Å². The Hall–Kier alpha value is -3.15. The molecule has 0 bridgehead atoms. The van der Waals surface area contributed by atoms with E-state index in [-0.39, 0.29) is 5.82 Å². The Bertz CT molecular complexity index is 1280. The van der Waals surface area contributed by atoms with Gasteiger partial charge in [0.2, 0.25) is 5.82 Å². The highest BCUT2D eigenvalue weighted by Crippen LogP contribution is 2.25. The zero-order valence-corrected chi connectivity index (χ0v) is 18.8. The maximum absolute atomic E-state index is 12.9. The zero-order chi connectivity index (χ0) is 22.1. The Morgan fingerprint density at radius 3 is 2.26 bits per heavy atom. The lowest BCUT2D eigenvalue weighted by atomic mass is 10.1. The molecule has 0 saturated heterocycles. The standard InChI is InChI=1S/C24H20Cl2N4O/c1-14-5-11-20(12-16(14)3)30-23(17-6-8-18(25)9-7-17)28-22(29-30)24(31)27-19-10-4-15(2)21(26)13-19/h4-13H,1-3H3,(H,27,31). The summed E-state index contributed by atoms with van der Waals surface area (Å²) in [4.78, 5) is 17.4. The van der Waals surface area contributed by atoms with Crippen LogP contribution in [-0.2, 0) is 0 Å². The monoisotopic (exact) mass is 450 g/mol. The molecule has 0 atom stereocenters. The third-order valence-corrected chi connectivity index (χ3v) is 5.74. The maximum Gasteiger partial charge on any atom is 0.295 e. The number of carbonyl (C=O) groups is 1. The third kappa shape index (κ3) is 4.48. The third-order valence-electron chi connectivity index (χ3n) is 5.08.